The molecule has 1 aliphatic heterocycles. The fraction of sp³-hybridized carbons (Fsp3) is 0.889. The predicted octanol–water partition coefficient (Wildman–Crippen LogP) is 0.0897. The number of carbonyl (C=O) groups excluding carboxylic acids is 1. The molecule has 7 nitrogen and oxygen atoms in total. The van der Waals surface area contributed by atoms with E-state index in [1.54, 1.807) is 0 Å². The third-order valence-corrected chi connectivity index (χ3v) is 3.67. The fourth-order valence-electron chi connectivity index (χ4n) is 1.27. The van der Waals surface area contributed by atoms with Crippen LogP contribution in [0.5, 0.6) is 0 Å². The van der Waals surface area contributed by atoms with Gasteiger partial charge in [0.25, 0.3) is 0 Å². The first kappa shape index (κ1) is 14.2. The molecular weight excluding hydrogens is 248 g/mol. The first-order valence-electron chi connectivity index (χ1n) is 5.59. The summed E-state index contributed by atoms with van der Waals surface area (Å²) in [5.74, 6) is 0. The van der Waals surface area contributed by atoms with Crippen molar-refractivity contribution < 1.29 is 22.7 Å². The van der Waals surface area contributed by atoms with Crippen molar-refractivity contribution in [2.24, 2.45) is 0 Å². The molecule has 1 aliphatic rings. The molecule has 0 atom stereocenters. The predicted molar refractivity (Wildman–Crippen MR) is 60.7 cm³/mol. The molecule has 0 aliphatic carbocycles. The zero-order valence-electron chi connectivity index (χ0n) is 9.85. The Morgan fingerprint density at radius 3 is 2.82 bits per heavy atom. The van der Waals surface area contributed by atoms with Crippen LogP contribution in [0, 0.1) is 0 Å². The van der Waals surface area contributed by atoms with Gasteiger partial charge in [-0.05, 0) is 6.42 Å². The van der Waals surface area contributed by atoms with Gasteiger partial charge in [0.1, 0.15) is 6.61 Å². The van der Waals surface area contributed by atoms with Gasteiger partial charge < -0.3 is 9.47 Å². The minimum absolute atomic E-state index is 0.0604. The van der Waals surface area contributed by atoms with Gasteiger partial charge in [0.15, 0.2) is 0 Å². The first-order valence-corrected chi connectivity index (χ1v) is 7.03. The molecule has 0 spiro atoms. The van der Waals surface area contributed by atoms with Crippen LogP contribution in [0.2, 0.25) is 0 Å². The number of rotatable bonds is 8. The molecule has 0 saturated carbocycles. The van der Waals surface area contributed by atoms with Gasteiger partial charge in [-0.1, -0.05) is 13.3 Å². The number of nitrogens with one attached hydrogen (secondary N) is 1. The summed E-state index contributed by atoms with van der Waals surface area (Å²) in [6, 6.07) is 0. The molecule has 0 unspecified atom stereocenters. The van der Waals surface area contributed by atoms with E-state index in [2.05, 4.69) is 9.46 Å². The average Bonchev–Trinajstić information content (AvgIpc) is 2.70. The SMILES string of the molecule is CCCCOCCNS(=O)(=O)N1CCOC1=O. The van der Waals surface area contributed by atoms with Crippen LogP contribution in [-0.2, 0) is 19.7 Å². The third kappa shape index (κ3) is 4.49. The van der Waals surface area contributed by atoms with Crippen LogP contribution < -0.4 is 4.72 Å². The van der Waals surface area contributed by atoms with Crippen LogP contribution in [0.1, 0.15) is 19.8 Å². The number of ether oxygens (including phenoxy) is 2. The number of unbranched alkanes of at least 4 members (excludes halogenated alkanes) is 1. The summed E-state index contributed by atoms with van der Waals surface area (Å²) in [6.07, 6.45) is 1.15. The molecule has 1 heterocycles. The van der Waals surface area contributed by atoms with Crippen LogP contribution >= 0.6 is 0 Å². The van der Waals surface area contributed by atoms with Crippen LogP contribution in [0.15, 0.2) is 0 Å². The molecule has 1 rings (SSSR count). The molecule has 1 saturated heterocycles. The van der Waals surface area contributed by atoms with Gasteiger partial charge in [-0.3, -0.25) is 0 Å². The molecule has 100 valence electrons. The van der Waals surface area contributed by atoms with Gasteiger partial charge in [0.2, 0.25) is 0 Å². The summed E-state index contributed by atoms with van der Waals surface area (Å²) < 4.78 is 35.9. The van der Waals surface area contributed by atoms with Gasteiger partial charge in [-0.2, -0.15) is 17.4 Å². The first-order chi connectivity index (χ1) is 8.08. The monoisotopic (exact) mass is 266 g/mol. The van der Waals surface area contributed by atoms with E-state index in [0.29, 0.717) is 17.5 Å². The molecule has 0 radical (unpaired) electrons. The van der Waals surface area contributed by atoms with Crippen LogP contribution in [0.3, 0.4) is 0 Å². The molecule has 1 amide bonds. The normalized spacial score (nSPS) is 16.3. The van der Waals surface area contributed by atoms with Crippen molar-refractivity contribution in [2.45, 2.75) is 19.8 Å². The van der Waals surface area contributed by atoms with E-state index in [0.717, 1.165) is 12.8 Å². The van der Waals surface area contributed by atoms with Crippen molar-refractivity contribution in [3.63, 3.8) is 0 Å². The Bertz CT molecular complexity index is 343. The van der Waals surface area contributed by atoms with Crippen molar-refractivity contribution in [1.82, 2.24) is 9.03 Å². The summed E-state index contributed by atoms with van der Waals surface area (Å²) >= 11 is 0. The van der Waals surface area contributed by atoms with Gasteiger partial charge >= 0.3 is 16.3 Å². The van der Waals surface area contributed by atoms with Crippen molar-refractivity contribution >= 4 is 16.3 Å². The number of nitrogens with zero attached hydrogens (tertiary/aromatic N) is 1. The molecule has 0 aromatic carbocycles. The number of cyclic esters (lactones) is 1. The third-order valence-electron chi connectivity index (χ3n) is 2.19. The highest BCUT2D eigenvalue weighted by atomic mass is 32.2. The molecule has 17 heavy (non-hydrogen) atoms. The van der Waals surface area contributed by atoms with E-state index >= 15 is 0 Å². The van der Waals surface area contributed by atoms with Crippen molar-refractivity contribution in [3.05, 3.63) is 0 Å². The lowest BCUT2D eigenvalue weighted by atomic mass is 10.4. The maximum Gasteiger partial charge on any atom is 0.424 e. The Morgan fingerprint density at radius 2 is 2.24 bits per heavy atom. The number of hydrogen-bond donors (Lipinski definition) is 1. The highest BCUT2D eigenvalue weighted by Crippen LogP contribution is 2.07. The van der Waals surface area contributed by atoms with Crippen LogP contribution in [0.25, 0.3) is 0 Å². The van der Waals surface area contributed by atoms with Crippen LogP contribution in [-0.4, -0.2) is 51.7 Å². The van der Waals surface area contributed by atoms with Gasteiger partial charge in [0, 0.05) is 13.2 Å². The van der Waals surface area contributed by atoms with Gasteiger partial charge in [0.05, 0.1) is 13.2 Å². The Morgan fingerprint density at radius 1 is 1.47 bits per heavy atom. The van der Waals surface area contributed by atoms with E-state index in [4.69, 9.17) is 4.74 Å². The second kappa shape index (κ2) is 6.77. The summed E-state index contributed by atoms with van der Waals surface area (Å²) in [4.78, 5) is 11.0. The standard InChI is InChI=1S/C9H18N2O5S/c1-2-3-6-15-7-4-10-17(13,14)11-5-8-16-9(11)12/h10H,2-8H2,1H3. The Labute approximate surface area is 101 Å². The quantitative estimate of drug-likeness (QED) is 0.629. The molecule has 0 bridgehead atoms. The fourth-order valence-corrected chi connectivity index (χ4v) is 2.33. The number of hydrogen-bond acceptors (Lipinski definition) is 5. The number of amides is 1. The molecule has 1 fully saturated rings. The minimum atomic E-state index is -3.77. The molecular formula is C9H18N2O5S. The Balaban J connectivity index is 2.23. The van der Waals surface area contributed by atoms with E-state index in [9.17, 15) is 13.2 Å². The Hall–Kier alpha value is -0.860. The topological polar surface area (TPSA) is 84.9 Å². The van der Waals surface area contributed by atoms with E-state index in [1.807, 2.05) is 6.92 Å². The zero-order valence-corrected chi connectivity index (χ0v) is 10.7. The van der Waals surface area contributed by atoms with Gasteiger partial charge in [-0.15, -0.1) is 0 Å². The van der Waals surface area contributed by atoms with Crippen molar-refractivity contribution in [2.75, 3.05) is 32.9 Å². The number of carbonyl (C=O) groups is 1. The lowest BCUT2D eigenvalue weighted by Gasteiger charge is -2.14. The van der Waals surface area contributed by atoms with Crippen LogP contribution in [0.4, 0.5) is 4.79 Å². The summed E-state index contributed by atoms with van der Waals surface area (Å²) in [6.45, 7) is 3.27. The second-order valence-corrected chi connectivity index (χ2v) is 5.23. The average molecular weight is 266 g/mol. The summed E-state index contributed by atoms with van der Waals surface area (Å²) in [5.41, 5.74) is 0. The lowest BCUT2D eigenvalue weighted by molar-refractivity contribution is 0.136. The van der Waals surface area contributed by atoms with E-state index in [-0.39, 0.29) is 19.7 Å². The smallest absolute Gasteiger partial charge is 0.424 e. The highest BCUT2D eigenvalue weighted by Gasteiger charge is 2.32. The van der Waals surface area contributed by atoms with Gasteiger partial charge in [-0.25, -0.2) is 4.79 Å². The molecule has 8 heteroatoms. The van der Waals surface area contributed by atoms with E-state index in [1.165, 1.54) is 0 Å². The second-order valence-electron chi connectivity index (χ2n) is 3.55. The van der Waals surface area contributed by atoms with E-state index < -0.39 is 16.3 Å². The molecule has 1 N–H and O–H groups in total. The Kier molecular flexibility index (Phi) is 5.66. The molecule has 0 aromatic heterocycles. The lowest BCUT2D eigenvalue weighted by Crippen LogP contribution is -2.42. The minimum Gasteiger partial charge on any atom is -0.447 e. The zero-order chi connectivity index (χ0) is 12.7. The summed E-state index contributed by atoms with van der Waals surface area (Å²) in [7, 11) is -3.77. The van der Waals surface area contributed by atoms with Crippen molar-refractivity contribution in [3.8, 4) is 0 Å². The highest BCUT2D eigenvalue weighted by molar-refractivity contribution is 7.87. The molecule has 0 aromatic rings. The summed E-state index contributed by atoms with van der Waals surface area (Å²) in [5, 5.41) is 0. The largest absolute Gasteiger partial charge is 0.447 e. The maximum atomic E-state index is 11.6. The van der Waals surface area contributed by atoms with Crippen molar-refractivity contribution in [1.29, 1.82) is 0 Å². The maximum absolute atomic E-state index is 11.6.